The Morgan fingerprint density at radius 3 is 3.45 bits per heavy atom. The molecule has 0 radical (unpaired) electrons. The van der Waals surface area contributed by atoms with Gasteiger partial charge in [0, 0.05) is 31.8 Å². The molecule has 1 unspecified atom stereocenters. The average molecular weight is 147 g/mol. The summed E-state index contributed by atoms with van der Waals surface area (Å²) in [4.78, 5) is 4.13. The van der Waals surface area contributed by atoms with Gasteiger partial charge in [0.1, 0.15) is 6.07 Å². The van der Waals surface area contributed by atoms with Crippen LogP contribution in [0.4, 0.5) is 0 Å². The SMILES string of the molecule is N#CC1=C2CNCC2CN=C1. The molecule has 2 heterocycles. The van der Waals surface area contributed by atoms with Gasteiger partial charge in [0.15, 0.2) is 0 Å². The van der Waals surface area contributed by atoms with Crippen LogP contribution in [-0.2, 0) is 0 Å². The minimum absolute atomic E-state index is 0.495. The van der Waals surface area contributed by atoms with E-state index in [0.29, 0.717) is 5.92 Å². The molecule has 3 heteroatoms. The van der Waals surface area contributed by atoms with Crippen molar-refractivity contribution in [3.8, 4) is 6.07 Å². The van der Waals surface area contributed by atoms with E-state index in [-0.39, 0.29) is 0 Å². The zero-order valence-corrected chi connectivity index (χ0v) is 6.17. The molecule has 2 aliphatic rings. The van der Waals surface area contributed by atoms with E-state index in [2.05, 4.69) is 16.4 Å². The normalized spacial score (nSPS) is 28.5. The van der Waals surface area contributed by atoms with Gasteiger partial charge in [-0.3, -0.25) is 4.99 Å². The number of aliphatic imine (C=N–C) groups is 1. The fourth-order valence-corrected chi connectivity index (χ4v) is 1.59. The third-order valence-electron chi connectivity index (χ3n) is 2.21. The Kier molecular flexibility index (Phi) is 1.48. The van der Waals surface area contributed by atoms with Crippen molar-refractivity contribution >= 4 is 6.21 Å². The van der Waals surface area contributed by atoms with Gasteiger partial charge in [-0.1, -0.05) is 0 Å². The molecule has 1 N–H and O–H groups in total. The summed E-state index contributed by atoms with van der Waals surface area (Å²) in [5.41, 5.74) is 2.02. The van der Waals surface area contributed by atoms with E-state index < -0.39 is 0 Å². The predicted molar refractivity (Wildman–Crippen MR) is 42.4 cm³/mol. The first-order valence-corrected chi connectivity index (χ1v) is 3.75. The van der Waals surface area contributed by atoms with Crippen molar-refractivity contribution < 1.29 is 0 Å². The predicted octanol–water partition coefficient (Wildman–Crippen LogP) is 0.110. The van der Waals surface area contributed by atoms with Crippen molar-refractivity contribution in [2.24, 2.45) is 10.9 Å². The van der Waals surface area contributed by atoms with Gasteiger partial charge in [-0.15, -0.1) is 0 Å². The lowest BCUT2D eigenvalue weighted by molar-refractivity contribution is 0.660. The fraction of sp³-hybridized carbons (Fsp3) is 0.500. The summed E-state index contributed by atoms with van der Waals surface area (Å²) in [5.74, 6) is 0.495. The molecule has 0 aromatic carbocycles. The first kappa shape index (κ1) is 6.56. The molecule has 3 nitrogen and oxygen atoms in total. The van der Waals surface area contributed by atoms with Crippen LogP contribution < -0.4 is 5.32 Å². The van der Waals surface area contributed by atoms with Gasteiger partial charge >= 0.3 is 0 Å². The Morgan fingerprint density at radius 1 is 1.73 bits per heavy atom. The number of fused-ring (bicyclic) bond motifs is 1. The van der Waals surface area contributed by atoms with Crippen LogP contribution in [-0.4, -0.2) is 25.8 Å². The number of nitrogens with zero attached hydrogens (tertiary/aromatic N) is 2. The minimum atomic E-state index is 0.495. The Labute approximate surface area is 65.4 Å². The topological polar surface area (TPSA) is 48.2 Å². The highest BCUT2D eigenvalue weighted by molar-refractivity contribution is 5.86. The van der Waals surface area contributed by atoms with Crippen LogP contribution in [0.15, 0.2) is 16.1 Å². The highest BCUT2D eigenvalue weighted by atomic mass is 14.9. The molecule has 0 saturated carbocycles. The maximum atomic E-state index is 8.71. The summed E-state index contributed by atoms with van der Waals surface area (Å²) in [7, 11) is 0. The number of dihydropyridines is 1. The van der Waals surface area contributed by atoms with Crippen molar-refractivity contribution in [1.82, 2.24) is 5.32 Å². The molecule has 0 aromatic heterocycles. The first-order valence-electron chi connectivity index (χ1n) is 3.75. The number of rotatable bonds is 0. The van der Waals surface area contributed by atoms with Crippen molar-refractivity contribution in [3.05, 3.63) is 11.1 Å². The lowest BCUT2D eigenvalue weighted by atomic mass is 9.96. The van der Waals surface area contributed by atoms with Crippen LogP contribution in [0.25, 0.3) is 0 Å². The van der Waals surface area contributed by atoms with E-state index in [1.165, 1.54) is 5.57 Å². The molecule has 1 atom stereocenters. The standard InChI is InChI=1S/C8H9N3/c9-1-6-2-10-3-7-4-11-5-8(6)7/h2,7,11H,3-5H2. The maximum Gasteiger partial charge on any atom is 0.101 e. The largest absolute Gasteiger partial charge is 0.312 e. The zero-order valence-electron chi connectivity index (χ0n) is 6.17. The highest BCUT2D eigenvalue weighted by Crippen LogP contribution is 2.21. The van der Waals surface area contributed by atoms with Gasteiger partial charge in [0.2, 0.25) is 0 Å². The van der Waals surface area contributed by atoms with Crippen LogP contribution >= 0.6 is 0 Å². The van der Waals surface area contributed by atoms with Crippen molar-refractivity contribution in [1.29, 1.82) is 5.26 Å². The van der Waals surface area contributed by atoms with Crippen LogP contribution in [0.1, 0.15) is 0 Å². The van der Waals surface area contributed by atoms with Crippen LogP contribution in [0.5, 0.6) is 0 Å². The molecule has 2 aliphatic heterocycles. The summed E-state index contributed by atoms with van der Waals surface area (Å²) < 4.78 is 0. The molecule has 11 heavy (non-hydrogen) atoms. The van der Waals surface area contributed by atoms with Gasteiger partial charge in [0.05, 0.1) is 5.57 Å². The van der Waals surface area contributed by atoms with Crippen LogP contribution in [0, 0.1) is 17.2 Å². The van der Waals surface area contributed by atoms with Crippen molar-refractivity contribution in [2.75, 3.05) is 19.6 Å². The van der Waals surface area contributed by atoms with Crippen molar-refractivity contribution in [2.45, 2.75) is 0 Å². The minimum Gasteiger partial charge on any atom is -0.312 e. The van der Waals surface area contributed by atoms with E-state index in [4.69, 9.17) is 5.26 Å². The fourth-order valence-electron chi connectivity index (χ4n) is 1.59. The zero-order chi connectivity index (χ0) is 7.68. The lowest BCUT2D eigenvalue weighted by Gasteiger charge is -2.12. The molecular formula is C8H9N3. The Balaban J connectivity index is 2.38. The molecule has 1 saturated heterocycles. The third-order valence-corrected chi connectivity index (χ3v) is 2.21. The van der Waals surface area contributed by atoms with Gasteiger partial charge < -0.3 is 5.32 Å². The van der Waals surface area contributed by atoms with Gasteiger partial charge in [0.25, 0.3) is 0 Å². The molecule has 0 aromatic rings. The van der Waals surface area contributed by atoms with Gasteiger partial charge in [-0.25, -0.2) is 0 Å². The molecule has 1 fully saturated rings. The second-order valence-corrected chi connectivity index (χ2v) is 2.87. The van der Waals surface area contributed by atoms with E-state index in [9.17, 15) is 0 Å². The number of nitrogens with one attached hydrogen (secondary N) is 1. The van der Waals surface area contributed by atoms with Crippen molar-refractivity contribution in [3.63, 3.8) is 0 Å². The first-order chi connectivity index (χ1) is 5.42. The summed E-state index contributed by atoms with van der Waals surface area (Å²) in [6.45, 7) is 2.71. The molecule has 2 rings (SSSR count). The van der Waals surface area contributed by atoms with Gasteiger partial charge in [-0.05, 0) is 5.57 Å². The van der Waals surface area contributed by atoms with Crippen LogP contribution in [0.2, 0.25) is 0 Å². The molecule has 0 aliphatic carbocycles. The number of hydrogen-bond donors (Lipinski definition) is 1. The Morgan fingerprint density at radius 2 is 2.64 bits per heavy atom. The second kappa shape index (κ2) is 2.48. The molecule has 0 amide bonds. The molecule has 56 valence electrons. The quantitative estimate of drug-likeness (QED) is 0.528. The van der Waals surface area contributed by atoms with E-state index >= 15 is 0 Å². The monoisotopic (exact) mass is 147 g/mol. The molecule has 0 spiro atoms. The number of allylic oxidation sites excluding steroid dienone is 1. The van der Waals surface area contributed by atoms with E-state index in [1.807, 2.05) is 0 Å². The summed E-state index contributed by atoms with van der Waals surface area (Å²) in [6.07, 6.45) is 1.69. The van der Waals surface area contributed by atoms with Gasteiger partial charge in [-0.2, -0.15) is 5.26 Å². The van der Waals surface area contributed by atoms with E-state index in [1.54, 1.807) is 6.21 Å². The van der Waals surface area contributed by atoms with Crippen LogP contribution in [0.3, 0.4) is 0 Å². The third kappa shape index (κ3) is 0.958. The summed E-state index contributed by atoms with van der Waals surface area (Å²) >= 11 is 0. The molecular weight excluding hydrogens is 138 g/mol. The summed E-state index contributed by atoms with van der Waals surface area (Å²) in [6, 6.07) is 2.17. The molecule has 0 bridgehead atoms. The smallest absolute Gasteiger partial charge is 0.101 e. The maximum absolute atomic E-state index is 8.71. The highest BCUT2D eigenvalue weighted by Gasteiger charge is 2.25. The Hall–Kier alpha value is -1.14. The average Bonchev–Trinajstić information content (AvgIpc) is 2.50. The second-order valence-electron chi connectivity index (χ2n) is 2.87. The number of hydrogen-bond acceptors (Lipinski definition) is 3. The summed E-state index contributed by atoms with van der Waals surface area (Å²) in [5, 5.41) is 12.0. The van der Waals surface area contributed by atoms with E-state index in [0.717, 1.165) is 25.2 Å². The Bertz CT molecular complexity index is 270. The lowest BCUT2D eigenvalue weighted by Crippen LogP contribution is -2.14. The number of nitriles is 1.